The highest BCUT2D eigenvalue weighted by Crippen LogP contribution is 2.44. The van der Waals surface area contributed by atoms with Crippen molar-refractivity contribution in [1.29, 1.82) is 0 Å². The van der Waals surface area contributed by atoms with Gasteiger partial charge in [0, 0.05) is 10.6 Å². The highest BCUT2D eigenvalue weighted by Gasteiger charge is 2.58. The van der Waals surface area contributed by atoms with E-state index in [9.17, 15) is 14.7 Å². The number of rotatable bonds is 2. The number of carbonyl (C=O) groups excluding carboxylic acids is 2. The second-order valence-corrected chi connectivity index (χ2v) is 4.53. The smallest absolute Gasteiger partial charge is 0.344 e. The van der Waals surface area contributed by atoms with Crippen LogP contribution in [0.3, 0.4) is 0 Å². The Hall–Kier alpha value is -0.550. The molecular weight excluding hydrogens is 290 g/mol. The first-order valence-corrected chi connectivity index (χ1v) is 5.73. The number of esters is 1. The van der Waals surface area contributed by atoms with Crippen molar-refractivity contribution in [3.63, 3.8) is 0 Å². The van der Waals surface area contributed by atoms with Crippen LogP contribution in [0.15, 0.2) is 21.7 Å². The molecule has 1 aliphatic carbocycles. The second kappa shape index (κ2) is 4.98. The zero-order valence-corrected chi connectivity index (χ0v) is 11.2. The number of alkyl halides is 1. The second-order valence-electron chi connectivity index (χ2n) is 3.31. The van der Waals surface area contributed by atoms with E-state index in [1.807, 2.05) is 0 Å². The standard InChI is InChI=1S/C10H9Cl3O4/c1-3-4(11)5-6(12)7(14)8(13)10(5,16)9(15)17-2/h3,8,16H,1-2H3/b4-3-/t8-,10?/m0/s1. The van der Waals surface area contributed by atoms with E-state index in [4.69, 9.17) is 34.8 Å². The number of Topliss-reactive ketones (excluding diaryl/α,β-unsaturated/α-hetero) is 1. The molecule has 0 fully saturated rings. The molecule has 17 heavy (non-hydrogen) atoms. The summed E-state index contributed by atoms with van der Waals surface area (Å²) in [6.45, 7) is 1.56. The minimum Gasteiger partial charge on any atom is -0.467 e. The van der Waals surface area contributed by atoms with Gasteiger partial charge in [-0.1, -0.05) is 29.3 Å². The Kier molecular flexibility index (Phi) is 4.25. The maximum absolute atomic E-state index is 11.6. The van der Waals surface area contributed by atoms with Gasteiger partial charge in [0.05, 0.1) is 12.1 Å². The SMILES string of the molecule is C/C=C(\Cl)C1=C(Cl)C(=O)[C@H](Cl)C1(O)C(=O)OC. The molecule has 0 saturated heterocycles. The molecule has 0 aromatic rings. The van der Waals surface area contributed by atoms with Crippen molar-refractivity contribution >= 4 is 46.6 Å². The molecule has 0 saturated carbocycles. The molecule has 1 N–H and O–H groups in total. The van der Waals surface area contributed by atoms with Crippen molar-refractivity contribution < 1.29 is 19.4 Å². The topological polar surface area (TPSA) is 63.6 Å². The Morgan fingerprint density at radius 2 is 2.12 bits per heavy atom. The van der Waals surface area contributed by atoms with Crippen LogP contribution in [0.5, 0.6) is 0 Å². The van der Waals surface area contributed by atoms with Gasteiger partial charge in [-0.25, -0.2) is 4.79 Å². The highest BCUT2D eigenvalue weighted by molar-refractivity contribution is 6.53. The molecule has 4 nitrogen and oxygen atoms in total. The molecule has 0 radical (unpaired) electrons. The number of ketones is 1. The average molecular weight is 300 g/mol. The summed E-state index contributed by atoms with van der Waals surface area (Å²) in [5, 5.41) is 8.30. The van der Waals surface area contributed by atoms with Crippen molar-refractivity contribution in [2.24, 2.45) is 0 Å². The lowest BCUT2D eigenvalue weighted by molar-refractivity contribution is -0.158. The Morgan fingerprint density at radius 3 is 2.53 bits per heavy atom. The zero-order chi connectivity index (χ0) is 13.4. The van der Waals surface area contributed by atoms with Gasteiger partial charge < -0.3 is 9.84 Å². The fraction of sp³-hybridized carbons (Fsp3) is 0.400. The van der Waals surface area contributed by atoms with Crippen LogP contribution in [0, 0.1) is 0 Å². The lowest BCUT2D eigenvalue weighted by Gasteiger charge is -2.25. The van der Waals surface area contributed by atoms with Gasteiger partial charge in [-0.2, -0.15) is 0 Å². The van der Waals surface area contributed by atoms with E-state index in [-0.39, 0.29) is 15.6 Å². The van der Waals surface area contributed by atoms with Gasteiger partial charge in [0.2, 0.25) is 5.60 Å². The van der Waals surface area contributed by atoms with E-state index >= 15 is 0 Å². The van der Waals surface area contributed by atoms with Crippen molar-refractivity contribution in [2.45, 2.75) is 17.9 Å². The van der Waals surface area contributed by atoms with Crippen molar-refractivity contribution in [3.8, 4) is 0 Å². The normalized spacial score (nSPS) is 29.9. The quantitative estimate of drug-likeness (QED) is 0.623. The van der Waals surface area contributed by atoms with Gasteiger partial charge in [0.1, 0.15) is 5.38 Å². The third kappa shape index (κ3) is 1.99. The van der Waals surface area contributed by atoms with Crippen molar-refractivity contribution in [3.05, 3.63) is 21.7 Å². The molecular formula is C10H9Cl3O4. The molecule has 0 aromatic carbocycles. The lowest BCUT2D eigenvalue weighted by Crippen LogP contribution is -2.48. The molecule has 1 unspecified atom stereocenters. The molecule has 94 valence electrons. The van der Waals surface area contributed by atoms with Gasteiger partial charge in [-0.05, 0) is 6.92 Å². The summed E-state index contributed by atoms with van der Waals surface area (Å²) in [5.41, 5.74) is -2.58. The van der Waals surface area contributed by atoms with Gasteiger partial charge >= 0.3 is 5.97 Å². The van der Waals surface area contributed by atoms with Crippen LogP contribution in [0.25, 0.3) is 0 Å². The number of methoxy groups -OCH3 is 1. The number of allylic oxidation sites excluding steroid dienone is 2. The van der Waals surface area contributed by atoms with Crippen molar-refractivity contribution in [2.75, 3.05) is 7.11 Å². The van der Waals surface area contributed by atoms with E-state index < -0.39 is 22.7 Å². The number of hydrogen-bond donors (Lipinski definition) is 1. The predicted octanol–water partition coefficient (Wildman–Crippen LogP) is 1.72. The van der Waals surface area contributed by atoms with Crippen LogP contribution in [0.4, 0.5) is 0 Å². The minimum atomic E-state index is -2.35. The molecule has 0 spiro atoms. The van der Waals surface area contributed by atoms with E-state index in [0.717, 1.165) is 7.11 Å². The number of halogens is 3. The van der Waals surface area contributed by atoms with Crippen LogP contribution in [0.2, 0.25) is 0 Å². The number of aliphatic hydroxyl groups is 1. The molecule has 0 aliphatic heterocycles. The summed E-state index contributed by atoms with van der Waals surface area (Å²) < 4.78 is 4.42. The van der Waals surface area contributed by atoms with Crippen LogP contribution >= 0.6 is 34.8 Å². The number of ether oxygens (including phenoxy) is 1. The Bertz CT molecular complexity index is 441. The van der Waals surface area contributed by atoms with Crippen LogP contribution < -0.4 is 0 Å². The Balaban J connectivity index is 3.48. The van der Waals surface area contributed by atoms with Gasteiger partial charge in [0.15, 0.2) is 5.78 Å². The van der Waals surface area contributed by atoms with Crippen LogP contribution in [-0.4, -0.2) is 34.9 Å². The molecule has 0 heterocycles. The average Bonchev–Trinajstić information content (AvgIpc) is 2.50. The molecule has 0 amide bonds. The van der Waals surface area contributed by atoms with Gasteiger partial charge in [-0.15, -0.1) is 11.6 Å². The van der Waals surface area contributed by atoms with Crippen LogP contribution in [0.1, 0.15) is 6.92 Å². The molecule has 7 heteroatoms. The fourth-order valence-electron chi connectivity index (χ4n) is 1.51. The maximum Gasteiger partial charge on any atom is 0.344 e. The summed E-state index contributed by atoms with van der Waals surface area (Å²) >= 11 is 17.3. The summed E-state index contributed by atoms with van der Waals surface area (Å²) in [5.74, 6) is -1.85. The first-order chi connectivity index (χ1) is 7.82. The Labute approximate surface area is 113 Å². The van der Waals surface area contributed by atoms with E-state index in [0.29, 0.717) is 0 Å². The largest absolute Gasteiger partial charge is 0.467 e. The summed E-state index contributed by atoms with van der Waals surface area (Å²) in [7, 11) is 1.06. The molecule has 2 atom stereocenters. The first kappa shape index (κ1) is 14.5. The van der Waals surface area contributed by atoms with E-state index in [1.54, 1.807) is 6.92 Å². The summed E-state index contributed by atoms with van der Waals surface area (Å²) in [4.78, 5) is 23.2. The first-order valence-electron chi connectivity index (χ1n) is 4.53. The summed E-state index contributed by atoms with van der Waals surface area (Å²) in [6, 6.07) is 0. The minimum absolute atomic E-state index is 0.0283. The maximum atomic E-state index is 11.6. The van der Waals surface area contributed by atoms with Crippen molar-refractivity contribution in [1.82, 2.24) is 0 Å². The fourth-order valence-corrected chi connectivity index (χ4v) is 2.52. The zero-order valence-electron chi connectivity index (χ0n) is 8.96. The third-order valence-corrected chi connectivity index (χ3v) is 3.70. The molecule has 1 aliphatic rings. The molecule has 0 aromatic heterocycles. The molecule has 0 bridgehead atoms. The number of carbonyl (C=O) groups is 2. The predicted molar refractivity (Wildman–Crippen MR) is 64.1 cm³/mol. The van der Waals surface area contributed by atoms with Gasteiger partial charge in [-0.3, -0.25) is 4.79 Å². The number of hydrogen-bond acceptors (Lipinski definition) is 4. The van der Waals surface area contributed by atoms with E-state index in [2.05, 4.69) is 4.74 Å². The lowest BCUT2D eigenvalue weighted by atomic mass is 9.94. The van der Waals surface area contributed by atoms with Gasteiger partial charge in [0.25, 0.3) is 0 Å². The summed E-state index contributed by atoms with van der Waals surface area (Å²) in [6.07, 6.45) is 1.38. The van der Waals surface area contributed by atoms with E-state index in [1.165, 1.54) is 6.08 Å². The highest BCUT2D eigenvalue weighted by atomic mass is 35.5. The Morgan fingerprint density at radius 1 is 1.59 bits per heavy atom. The van der Waals surface area contributed by atoms with Crippen LogP contribution in [-0.2, 0) is 14.3 Å². The molecule has 1 rings (SSSR count). The monoisotopic (exact) mass is 298 g/mol. The third-order valence-electron chi connectivity index (χ3n) is 2.40.